The van der Waals surface area contributed by atoms with Crippen molar-refractivity contribution in [3.63, 3.8) is 0 Å². The van der Waals surface area contributed by atoms with Gasteiger partial charge in [-0.2, -0.15) is 8.73 Å². The number of benzene rings is 2. The summed E-state index contributed by atoms with van der Waals surface area (Å²) in [6.07, 6.45) is 0. The first kappa shape index (κ1) is 13.4. The average molecular weight is 325 g/mol. The SMILES string of the molecule is Cc1cc(N)cc(Nc2c(Cl)cc(Cl)c3c2N=S=N3)c1. The molecule has 1 aliphatic heterocycles. The van der Waals surface area contributed by atoms with Gasteiger partial charge < -0.3 is 11.1 Å². The van der Waals surface area contributed by atoms with Gasteiger partial charge in [0.2, 0.25) is 0 Å². The van der Waals surface area contributed by atoms with E-state index >= 15 is 0 Å². The third kappa shape index (κ3) is 2.40. The molecule has 0 aromatic heterocycles. The van der Waals surface area contributed by atoms with E-state index in [4.69, 9.17) is 28.9 Å². The lowest BCUT2D eigenvalue weighted by Gasteiger charge is -2.13. The van der Waals surface area contributed by atoms with Crippen LogP contribution in [0.2, 0.25) is 10.0 Å². The molecule has 0 saturated heterocycles. The van der Waals surface area contributed by atoms with Crippen molar-refractivity contribution in [3.8, 4) is 0 Å². The van der Waals surface area contributed by atoms with Crippen molar-refractivity contribution in [2.75, 3.05) is 11.1 Å². The minimum Gasteiger partial charge on any atom is -0.399 e. The molecule has 102 valence electrons. The van der Waals surface area contributed by atoms with Gasteiger partial charge in [-0.15, -0.1) is 0 Å². The topological polar surface area (TPSA) is 62.8 Å². The average Bonchev–Trinajstić information content (AvgIpc) is 2.82. The fourth-order valence-electron chi connectivity index (χ4n) is 2.02. The third-order valence-electron chi connectivity index (χ3n) is 2.81. The van der Waals surface area contributed by atoms with Crippen LogP contribution in [-0.2, 0) is 11.4 Å². The van der Waals surface area contributed by atoms with Crippen molar-refractivity contribution >= 4 is 63.0 Å². The molecule has 0 bridgehead atoms. The van der Waals surface area contributed by atoms with E-state index in [9.17, 15) is 0 Å². The van der Waals surface area contributed by atoms with Crippen LogP contribution in [0.5, 0.6) is 0 Å². The van der Waals surface area contributed by atoms with Gasteiger partial charge in [-0.1, -0.05) is 23.2 Å². The molecule has 1 aliphatic rings. The fourth-order valence-corrected chi connectivity index (χ4v) is 3.18. The summed E-state index contributed by atoms with van der Waals surface area (Å²) in [5.41, 5.74) is 10.4. The molecule has 0 radical (unpaired) electrons. The van der Waals surface area contributed by atoms with Gasteiger partial charge in [-0.25, -0.2) is 0 Å². The Hall–Kier alpha value is -1.56. The Labute approximate surface area is 129 Å². The van der Waals surface area contributed by atoms with Gasteiger partial charge in [0.05, 0.1) is 27.1 Å². The molecule has 7 heteroatoms. The van der Waals surface area contributed by atoms with E-state index in [1.54, 1.807) is 6.07 Å². The van der Waals surface area contributed by atoms with E-state index in [1.165, 1.54) is 0 Å². The second kappa shape index (κ2) is 5.09. The zero-order chi connectivity index (χ0) is 14.3. The van der Waals surface area contributed by atoms with Crippen molar-refractivity contribution in [3.05, 3.63) is 39.9 Å². The van der Waals surface area contributed by atoms with Gasteiger partial charge in [0.15, 0.2) is 0 Å². The molecule has 3 N–H and O–H groups in total. The highest BCUT2D eigenvalue weighted by molar-refractivity contribution is 7.58. The number of aryl methyl sites for hydroxylation is 1. The maximum absolute atomic E-state index is 6.25. The third-order valence-corrected chi connectivity index (χ3v) is 3.93. The van der Waals surface area contributed by atoms with Crippen LogP contribution in [0, 0.1) is 6.92 Å². The van der Waals surface area contributed by atoms with Crippen molar-refractivity contribution in [1.29, 1.82) is 0 Å². The number of hydrogen-bond acceptors (Lipinski definition) is 4. The number of nitrogens with zero attached hydrogens (tertiary/aromatic N) is 2. The van der Waals surface area contributed by atoms with Gasteiger partial charge in [-0.05, 0) is 36.8 Å². The Morgan fingerprint density at radius 1 is 1.05 bits per heavy atom. The highest BCUT2D eigenvalue weighted by atomic mass is 35.5. The molecular weight excluding hydrogens is 315 g/mol. The van der Waals surface area contributed by atoms with E-state index < -0.39 is 0 Å². The van der Waals surface area contributed by atoms with Crippen LogP contribution in [-0.4, -0.2) is 0 Å². The minimum absolute atomic E-state index is 0.494. The molecule has 2 aromatic carbocycles. The summed E-state index contributed by atoms with van der Waals surface area (Å²) in [4.78, 5) is 0. The lowest BCUT2D eigenvalue weighted by molar-refractivity contribution is 1.44. The molecule has 0 spiro atoms. The molecule has 0 atom stereocenters. The monoisotopic (exact) mass is 324 g/mol. The molecule has 0 unspecified atom stereocenters. The van der Waals surface area contributed by atoms with Crippen molar-refractivity contribution in [1.82, 2.24) is 0 Å². The number of fused-ring (bicyclic) bond motifs is 1. The Morgan fingerprint density at radius 3 is 2.55 bits per heavy atom. The van der Waals surface area contributed by atoms with E-state index in [-0.39, 0.29) is 0 Å². The van der Waals surface area contributed by atoms with Gasteiger partial charge in [0, 0.05) is 11.4 Å². The van der Waals surface area contributed by atoms with Crippen LogP contribution in [0.3, 0.4) is 0 Å². The second-order valence-corrected chi connectivity index (χ2v) is 5.78. The first-order chi connectivity index (χ1) is 9.54. The van der Waals surface area contributed by atoms with Crippen molar-refractivity contribution in [2.24, 2.45) is 8.73 Å². The Morgan fingerprint density at radius 2 is 1.80 bits per heavy atom. The molecule has 4 nitrogen and oxygen atoms in total. The molecule has 1 heterocycles. The van der Waals surface area contributed by atoms with Gasteiger partial charge in [0.25, 0.3) is 0 Å². The Bertz CT molecular complexity index is 762. The Balaban J connectivity index is 2.08. The first-order valence-corrected chi connectivity index (χ1v) is 7.27. The molecule has 0 aliphatic carbocycles. The summed E-state index contributed by atoms with van der Waals surface area (Å²) in [6, 6.07) is 7.37. The van der Waals surface area contributed by atoms with Crippen LogP contribution >= 0.6 is 23.2 Å². The van der Waals surface area contributed by atoms with E-state index in [1.807, 2.05) is 25.1 Å². The van der Waals surface area contributed by atoms with Crippen LogP contribution < -0.4 is 11.1 Å². The number of nitrogens with two attached hydrogens (primary N) is 1. The van der Waals surface area contributed by atoms with Gasteiger partial charge >= 0.3 is 0 Å². The zero-order valence-corrected chi connectivity index (χ0v) is 12.8. The van der Waals surface area contributed by atoms with Crippen LogP contribution in [0.4, 0.5) is 28.4 Å². The number of nitrogens with one attached hydrogen (secondary N) is 1. The summed E-state index contributed by atoms with van der Waals surface area (Å²) in [6.45, 7) is 1.98. The predicted molar refractivity (Wildman–Crippen MR) is 86.9 cm³/mol. The summed E-state index contributed by atoms with van der Waals surface area (Å²) in [5, 5.41) is 4.23. The highest BCUT2D eigenvalue weighted by Gasteiger charge is 2.18. The summed E-state index contributed by atoms with van der Waals surface area (Å²) < 4.78 is 8.42. The normalized spacial score (nSPS) is 12.2. The maximum Gasteiger partial charge on any atom is 0.131 e. The number of nitrogen functional groups attached to an aromatic ring is 1. The molecule has 2 aromatic rings. The van der Waals surface area contributed by atoms with E-state index in [0.717, 1.165) is 22.6 Å². The van der Waals surface area contributed by atoms with Gasteiger partial charge in [-0.3, -0.25) is 0 Å². The van der Waals surface area contributed by atoms with E-state index in [2.05, 4.69) is 14.0 Å². The first-order valence-electron chi connectivity index (χ1n) is 5.79. The van der Waals surface area contributed by atoms with Crippen LogP contribution in [0.25, 0.3) is 0 Å². The Kier molecular flexibility index (Phi) is 3.41. The molecule has 0 amide bonds. The summed E-state index contributed by atoms with van der Waals surface area (Å²) in [5.74, 6) is 0. The largest absolute Gasteiger partial charge is 0.399 e. The van der Waals surface area contributed by atoms with Crippen molar-refractivity contribution in [2.45, 2.75) is 6.92 Å². The molecule has 3 rings (SSSR count). The van der Waals surface area contributed by atoms with Gasteiger partial charge in [0.1, 0.15) is 11.4 Å². The predicted octanol–water partition coefficient (Wildman–Crippen LogP) is 5.35. The highest BCUT2D eigenvalue weighted by Crippen LogP contribution is 2.48. The minimum atomic E-state index is 0.494. The van der Waals surface area contributed by atoms with Crippen LogP contribution in [0.15, 0.2) is 33.0 Å². The lowest BCUT2D eigenvalue weighted by Crippen LogP contribution is -1.95. The quantitative estimate of drug-likeness (QED) is 0.624. The zero-order valence-electron chi connectivity index (χ0n) is 10.4. The maximum atomic E-state index is 6.25. The number of rotatable bonds is 2. The second-order valence-electron chi connectivity index (χ2n) is 4.43. The smallest absolute Gasteiger partial charge is 0.131 e. The number of hydrogen-bond donors (Lipinski definition) is 2. The molecule has 0 fully saturated rings. The standard InChI is InChI=1S/C13H10Cl2N4S/c1-6-2-7(16)4-8(3-6)17-11-9(14)5-10(15)12-13(11)19-20-18-12/h2-5,17H,16H2,1H3. The fraction of sp³-hybridized carbons (Fsp3) is 0.0769. The number of halogens is 2. The lowest BCUT2D eigenvalue weighted by atomic mass is 10.1. The number of anilines is 3. The van der Waals surface area contributed by atoms with E-state index in [0.29, 0.717) is 32.8 Å². The molecular formula is C13H10Cl2N4S. The molecule has 20 heavy (non-hydrogen) atoms. The molecule has 0 saturated carbocycles. The van der Waals surface area contributed by atoms with Crippen molar-refractivity contribution < 1.29 is 0 Å². The van der Waals surface area contributed by atoms with Crippen LogP contribution in [0.1, 0.15) is 5.56 Å². The summed E-state index contributed by atoms with van der Waals surface area (Å²) in [7, 11) is 0. The summed E-state index contributed by atoms with van der Waals surface area (Å²) >= 11 is 13.5.